The zero-order valence-corrected chi connectivity index (χ0v) is 20.4. The van der Waals surface area contributed by atoms with Crippen molar-refractivity contribution < 1.29 is 19.1 Å². The molecule has 0 spiro atoms. The van der Waals surface area contributed by atoms with E-state index < -0.39 is 5.97 Å². The molecule has 0 radical (unpaired) electrons. The number of hydrazone groups is 1. The average molecular weight is 519 g/mol. The summed E-state index contributed by atoms with van der Waals surface area (Å²) in [4.78, 5) is 24.7. The minimum absolute atomic E-state index is 0.347. The number of benzene rings is 4. The number of nitrogens with zero attached hydrogens (tertiary/aromatic N) is 1. The Bertz CT molecular complexity index is 1370. The second kappa shape index (κ2) is 12.0. The second-order valence-electron chi connectivity index (χ2n) is 7.61. The quantitative estimate of drug-likeness (QED) is 0.124. The first-order valence-electron chi connectivity index (χ1n) is 10.8. The number of halogens is 2. The molecule has 0 fully saturated rings. The molecule has 0 saturated carbocycles. The number of carbonyl (C=O) groups excluding carboxylic acids is 2. The van der Waals surface area contributed by atoms with Crippen LogP contribution in [-0.2, 0) is 6.61 Å². The predicted octanol–water partition coefficient (Wildman–Crippen LogP) is 6.56. The van der Waals surface area contributed by atoms with Crippen molar-refractivity contribution in [2.24, 2.45) is 5.10 Å². The molecule has 0 aliphatic heterocycles. The van der Waals surface area contributed by atoms with Crippen LogP contribution in [-0.4, -0.2) is 18.1 Å². The fraction of sp³-hybridized carbons (Fsp3) is 0.0357. The molecule has 36 heavy (non-hydrogen) atoms. The molecule has 0 atom stereocenters. The highest BCUT2D eigenvalue weighted by atomic mass is 35.5. The van der Waals surface area contributed by atoms with Crippen molar-refractivity contribution in [3.63, 3.8) is 0 Å². The molecule has 4 rings (SSSR count). The van der Waals surface area contributed by atoms with Crippen LogP contribution in [0.1, 0.15) is 31.8 Å². The van der Waals surface area contributed by atoms with Crippen LogP contribution in [0.3, 0.4) is 0 Å². The lowest BCUT2D eigenvalue weighted by atomic mass is 10.2. The van der Waals surface area contributed by atoms with Gasteiger partial charge >= 0.3 is 5.97 Å². The fourth-order valence-electron chi connectivity index (χ4n) is 3.09. The molecular weight excluding hydrogens is 499 g/mol. The largest absolute Gasteiger partial charge is 0.489 e. The lowest BCUT2D eigenvalue weighted by Crippen LogP contribution is -2.17. The Morgan fingerprint density at radius 1 is 0.778 bits per heavy atom. The van der Waals surface area contributed by atoms with Crippen molar-refractivity contribution in [3.8, 4) is 11.5 Å². The summed E-state index contributed by atoms with van der Waals surface area (Å²) in [6.45, 7) is 0.390. The van der Waals surface area contributed by atoms with Gasteiger partial charge in [-0.05, 0) is 83.9 Å². The minimum Gasteiger partial charge on any atom is -0.489 e. The Morgan fingerprint density at radius 2 is 1.42 bits per heavy atom. The Morgan fingerprint density at radius 3 is 2.11 bits per heavy atom. The van der Waals surface area contributed by atoms with E-state index in [9.17, 15) is 9.59 Å². The van der Waals surface area contributed by atoms with Gasteiger partial charge in [-0.2, -0.15) is 5.10 Å². The lowest BCUT2D eigenvalue weighted by Gasteiger charge is -2.07. The molecule has 0 saturated heterocycles. The zero-order valence-electron chi connectivity index (χ0n) is 18.9. The van der Waals surface area contributed by atoms with E-state index in [0.29, 0.717) is 44.8 Å². The highest BCUT2D eigenvalue weighted by molar-refractivity contribution is 6.30. The first kappa shape index (κ1) is 25.0. The van der Waals surface area contributed by atoms with E-state index in [0.717, 1.165) is 5.56 Å². The summed E-state index contributed by atoms with van der Waals surface area (Å²) in [5.41, 5.74) is 4.91. The van der Waals surface area contributed by atoms with Crippen molar-refractivity contribution >= 4 is 41.3 Å². The number of carbonyl (C=O) groups is 2. The summed E-state index contributed by atoms with van der Waals surface area (Å²) >= 11 is 11.7. The van der Waals surface area contributed by atoms with E-state index in [1.807, 2.05) is 12.1 Å². The Kier molecular flexibility index (Phi) is 8.34. The van der Waals surface area contributed by atoms with Crippen LogP contribution in [0.25, 0.3) is 0 Å². The standard InChI is InChI=1S/C28H20Cl2N2O4/c29-23-10-4-19(5-11-23)18-35-25-14-8-21(9-15-25)27(33)32-31-17-20-2-1-3-26(16-20)36-28(34)22-6-12-24(30)13-7-22/h1-17H,18H2,(H,32,33). The molecule has 0 bridgehead atoms. The van der Waals surface area contributed by atoms with Crippen LogP contribution in [0.15, 0.2) is 102 Å². The number of nitrogens with one attached hydrogen (secondary N) is 1. The van der Waals surface area contributed by atoms with Crippen LogP contribution >= 0.6 is 23.2 Å². The summed E-state index contributed by atoms with van der Waals surface area (Å²) in [5, 5.41) is 5.19. The van der Waals surface area contributed by atoms with Crippen molar-refractivity contribution in [3.05, 3.63) is 129 Å². The number of esters is 1. The van der Waals surface area contributed by atoms with Gasteiger partial charge in [-0.3, -0.25) is 4.79 Å². The van der Waals surface area contributed by atoms with Crippen LogP contribution < -0.4 is 14.9 Å². The molecule has 0 aliphatic carbocycles. The molecule has 8 heteroatoms. The number of rotatable bonds is 8. The van der Waals surface area contributed by atoms with Crippen LogP contribution in [0.4, 0.5) is 0 Å². The Labute approximate surface area is 218 Å². The first-order valence-corrected chi connectivity index (χ1v) is 11.6. The molecule has 0 heterocycles. The predicted molar refractivity (Wildman–Crippen MR) is 140 cm³/mol. The van der Waals surface area contributed by atoms with Gasteiger partial charge in [-0.25, -0.2) is 10.2 Å². The van der Waals surface area contributed by atoms with Gasteiger partial charge in [0.15, 0.2) is 0 Å². The molecule has 4 aromatic carbocycles. The van der Waals surface area contributed by atoms with E-state index in [1.165, 1.54) is 6.21 Å². The van der Waals surface area contributed by atoms with Gasteiger partial charge in [-0.1, -0.05) is 47.5 Å². The molecule has 180 valence electrons. The molecule has 0 aliphatic rings. The molecular formula is C28H20Cl2N2O4. The van der Waals surface area contributed by atoms with Gasteiger partial charge in [0.05, 0.1) is 11.8 Å². The summed E-state index contributed by atoms with van der Waals surface area (Å²) in [6, 6.07) is 27.3. The maximum absolute atomic E-state index is 12.4. The number of hydrogen-bond donors (Lipinski definition) is 1. The van der Waals surface area contributed by atoms with Gasteiger partial charge in [0.2, 0.25) is 0 Å². The summed E-state index contributed by atoms with van der Waals surface area (Å²) < 4.78 is 11.1. The third-order valence-electron chi connectivity index (χ3n) is 4.96. The Hall–Kier alpha value is -4.13. The van der Waals surface area contributed by atoms with Crippen molar-refractivity contribution in [2.45, 2.75) is 6.61 Å². The molecule has 1 amide bonds. The van der Waals surface area contributed by atoms with E-state index in [1.54, 1.807) is 84.9 Å². The summed E-state index contributed by atoms with van der Waals surface area (Å²) in [6.07, 6.45) is 1.46. The summed E-state index contributed by atoms with van der Waals surface area (Å²) in [7, 11) is 0. The maximum atomic E-state index is 12.4. The second-order valence-corrected chi connectivity index (χ2v) is 8.48. The van der Waals surface area contributed by atoms with E-state index in [-0.39, 0.29) is 5.91 Å². The Balaban J connectivity index is 1.29. The smallest absolute Gasteiger partial charge is 0.343 e. The van der Waals surface area contributed by atoms with Crippen molar-refractivity contribution in [1.82, 2.24) is 5.43 Å². The van der Waals surface area contributed by atoms with Gasteiger partial charge in [-0.15, -0.1) is 0 Å². The van der Waals surface area contributed by atoms with Crippen LogP contribution in [0.2, 0.25) is 10.0 Å². The van der Waals surface area contributed by atoms with Gasteiger partial charge in [0, 0.05) is 15.6 Å². The number of ether oxygens (including phenoxy) is 2. The average Bonchev–Trinajstić information content (AvgIpc) is 2.89. The van der Waals surface area contributed by atoms with E-state index in [2.05, 4.69) is 10.5 Å². The highest BCUT2D eigenvalue weighted by Gasteiger charge is 2.09. The van der Waals surface area contributed by atoms with Crippen molar-refractivity contribution in [2.75, 3.05) is 0 Å². The molecule has 1 N–H and O–H groups in total. The van der Waals surface area contributed by atoms with Crippen LogP contribution in [0.5, 0.6) is 11.5 Å². The van der Waals surface area contributed by atoms with Gasteiger partial charge < -0.3 is 9.47 Å². The fourth-order valence-corrected chi connectivity index (χ4v) is 3.34. The number of hydrogen-bond acceptors (Lipinski definition) is 5. The first-order chi connectivity index (χ1) is 17.5. The van der Waals surface area contributed by atoms with E-state index in [4.69, 9.17) is 32.7 Å². The van der Waals surface area contributed by atoms with Crippen LogP contribution in [0, 0.1) is 0 Å². The molecule has 0 aromatic heterocycles. The highest BCUT2D eigenvalue weighted by Crippen LogP contribution is 2.17. The third-order valence-corrected chi connectivity index (χ3v) is 5.47. The monoisotopic (exact) mass is 518 g/mol. The summed E-state index contributed by atoms with van der Waals surface area (Å²) in [5.74, 6) is 0.102. The topological polar surface area (TPSA) is 77.0 Å². The van der Waals surface area contributed by atoms with Gasteiger partial charge in [0.1, 0.15) is 18.1 Å². The maximum Gasteiger partial charge on any atom is 0.343 e. The third kappa shape index (κ3) is 7.18. The molecule has 6 nitrogen and oxygen atoms in total. The number of amides is 1. The van der Waals surface area contributed by atoms with Crippen molar-refractivity contribution in [1.29, 1.82) is 0 Å². The zero-order chi connectivity index (χ0) is 25.3. The molecule has 0 unspecified atom stereocenters. The van der Waals surface area contributed by atoms with Gasteiger partial charge in [0.25, 0.3) is 5.91 Å². The van der Waals surface area contributed by atoms with E-state index >= 15 is 0 Å². The molecule has 4 aromatic rings. The lowest BCUT2D eigenvalue weighted by molar-refractivity contribution is 0.0734. The SMILES string of the molecule is O=C(NN=Cc1cccc(OC(=O)c2ccc(Cl)cc2)c1)c1ccc(OCc2ccc(Cl)cc2)cc1. The minimum atomic E-state index is -0.505. The normalized spacial score (nSPS) is 10.7.